The van der Waals surface area contributed by atoms with E-state index in [0.717, 1.165) is 43.2 Å². The van der Waals surface area contributed by atoms with Gasteiger partial charge in [0.25, 0.3) is 0 Å². The summed E-state index contributed by atoms with van der Waals surface area (Å²) in [5, 5.41) is 8.70. The molecule has 0 radical (unpaired) electrons. The number of halogens is 1. The highest BCUT2D eigenvalue weighted by Crippen LogP contribution is 2.33. The van der Waals surface area contributed by atoms with Gasteiger partial charge in [0.2, 0.25) is 0 Å². The first-order valence-electron chi connectivity index (χ1n) is 7.46. The fourth-order valence-electron chi connectivity index (χ4n) is 2.90. The van der Waals surface area contributed by atoms with Crippen LogP contribution in [0.3, 0.4) is 0 Å². The molecule has 4 nitrogen and oxygen atoms in total. The van der Waals surface area contributed by atoms with Gasteiger partial charge < -0.3 is 10.1 Å². The molecule has 1 aromatic carbocycles. The van der Waals surface area contributed by atoms with E-state index in [1.807, 2.05) is 24.5 Å². The summed E-state index contributed by atoms with van der Waals surface area (Å²) in [6.45, 7) is 6.01. The minimum absolute atomic E-state index is 0.0703. The molecule has 0 spiro atoms. The highest BCUT2D eigenvalue weighted by atomic mass is 35.5. The van der Waals surface area contributed by atoms with Gasteiger partial charge in [-0.1, -0.05) is 30.3 Å². The molecule has 0 bridgehead atoms. The van der Waals surface area contributed by atoms with Gasteiger partial charge in [0, 0.05) is 48.3 Å². The van der Waals surface area contributed by atoms with E-state index < -0.39 is 0 Å². The van der Waals surface area contributed by atoms with Crippen LogP contribution in [0, 0.1) is 0 Å². The van der Waals surface area contributed by atoms with Gasteiger partial charge in [-0.25, -0.2) is 4.68 Å². The third-order valence-corrected chi connectivity index (χ3v) is 4.47. The molecule has 0 unspecified atom stereocenters. The van der Waals surface area contributed by atoms with E-state index in [1.54, 1.807) is 10.9 Å². The highest BCUT2D eigenvalue weighted by molar-refractivity contribution is 6.30. The largest absolute Gasteiger partial charge is 0.381 e. The lowest BCUT2D eigenvalue weighted by Crippen LogP contribution is -2.46. The molecule has 1 aliphatic heterocycles. The quantitative estimate of drug-likeness (QED) is 0.918. The normalized spacial score (nSPS) is 17.3. The summed E-state index contributed by atoms with van der Waals surface area (Å²) in [5.74, 6) is 0. The van der Waals surface area contributed by atoms with E-state index in [2.05, 4.69) is 29.1 Å². The second-order valence-corrected chi connectivity index (χ2v) is 6.00. The minimum Gasteiger partial charge on any atom is -0.381 e. The van der Waals surface area contributed by atoms with Crippen LogP contribution >= 0.6 is 11.6 Å². The Labute approximate surface area is 135 Å². The van der Waals surface area contributed by atoms with Gasteiger partial charge in [-0.05, 0) is 30.5 Å². The number of hydrogen-bond acceptors (Lipinski definition) is 3. The van der Waals surface area contributed by atoms with Crippen molar-refractivity contribution in [1.82, 2.24) is 15.1 Å². The van der Waals surface area contributed by atoms with Gasteiger partial charge in [0.15, 0.2) is 0 Å². The van der Waals surface area contributed by atoms with E-state index >= 15 is 0 Å². The Hall–Kier alpha value is -1.62. The van der Waals surface area contributed by atoms with Crippen molar-refractivity contribution in [2.75, 3.05) is 13.2 Å². The molecule has 0 aliphatic carbocycles. The second kappa shape index (κ2) is 6.65. The van der Waals surface area contributed by atoms with Gasteiger partial charge in [0.1, 0.15) is 0 Å². The van der Waals surface area contributed by atoms with E-state index in [-0.39, 0.29) is 5.54 Å². The average molecular weight is 318 g/mol. The molecule has 3 rings (SSSR count). The molecule has 116 valence electrons. The third kappa shape index (κ3) is 3.24. The molecule has 5 heteroatoms. The maximum atomic E-state index is 6.02. The lowest BCUT2D eigenvalue weighted by molar-refractivity contribution is 0.0358. The van der Waals surface area contributed by atoms with E-state index in [1.165, 1.54) is 5.56 Å². The maximum Gasteiger partial charge on any atom is 0.0538 e. The van der Waals surface area contributed by atoms with Crippen molar-refractivity contribution in [3.05, 3.63) is 59.4 Å². The topological polar surface area (TPSA) is 39.1 Å². The summed E-state index contributed by atoms with van der Waals surface area (Å²) in [6, 6.07) is 8.11. The lowest BCUT2D eigenvalue weighted by atomic mass is 9.82. The molecule has 1 N–H and O–H groups in total. The Balaban J connectivity index is 1.79. The van der Waals surface area contributed by atoms with E-state index in [4.69, 9.17) is 16.3 Å². The van der Waals surface area contributed by atoms with Gasteiger partial charge in [-0.2, -0.15) is 5.10 Å². The van der Waals surface area contributed by atoms with E-state index in [0.29, 0.717) is 0 Å². The molecule has 1 aromatic heterocycles. The number of nitrogens with zero attached hydrogens (tertiary/aromatic N) is 2. The molecule has 1 saturated heterocycles. The van der Waals surface area contributed by atoms with Crippen molar-refractivity contribution in [2.45, 2.75) is 24.9 Å². The number of aromatic nitrogens is 2. The summed E-state index contributed by atoms with van der Waals surface area (Å²) >= 11 is 6.02. The summed E-state index contributed by atoms with van der Waals surface area (Å²) in [4.78, 5) is 0. The number of nitrogens with one attached hydrogen (secondary N) is 1. The van der Waals surface area contributed by atoms with Crippen molar-refractivity contribution in [3.63, 3.8) is 0 Å². The maximum absolute atomic E-state index is 6.02. The monoisotopic (exact) mass is 317 g/mol. The Morgan fingerprint density at radius 3 is 2.68 bits per heavy atom. The van der Waals surface area contributed by atoms with Crippen LogP contribution in [0.1, 0.15) is 24.0 Å². The third-order valence-electron chi connectivity index (χ3n) is 4.22. The molecule has 2 aromatic rings. The second-order valence-electron chi connectivity index (χ2n) is 5.57. The predicted molar refractivity (Wildman–Crippen MR) is 88.6 cm³/mol. The zero-order valence-electron chi connectivity index (χ0n) is 12.5. The first kappa shape index (κ1) is 15.3. The van der Waals surface area contributed by atoms with Crippen molar-refractivity contribution < 1.29 is 4.74 Å². The molecule has 22 heavy (non-hydrogen) atoms. The Morgan fingerprint density at radius 2 is 2.05 bits per heavy atom. The summed E-state index contributed by atoms with van der Waals surface area (Å²) in [5.41, 5.74) is 2.33. The van der Waals surface area contributed by atoms with E-state index in [9.17, 15) is 0 Å². The molecular weight excluding hydrogens is 298 g/mol. The fraction of sp³-hybridized carbons (Fsp3) is 0.353. The summed E-state index contributed by atoms with van der Waals surface area (Å²) in [7, 11) is 0. The number of rotatable bonds is 5. The summed E-state index contributed by atoms with van der Waals surface area (Å²) < 4.78 is 7.27. The number of benzene rings is 1. The van der Waals surface area contributed by atoms with Crippen LogP contribution in [0.4, 0.5) is 0 Å². The first-order chi connectivity index (χ1) is 10.7. The van der Waals surface area contributed by atoms with Crippen molar-refractivity contribution in [3.8, 4) is 0 Å². The van der Waals surface area contributed by atoms with Crippen LogP contribution in [0.25, 0.3) is 6.20 Å². The van der Waals surface area contributed by atoms with Crippen LogP contribution in [0.5, 0.6) is 0 Å². The Bertz CT molecular complexity index is 630. The standard InChI is InChI=1S/C17H20ClN3O/c1-2-21-13-14(12-20-21)11-19-17(7-9-22-10-8-17)15-3-5-16(18)6-4-15/h2-6,12-13,19H,1,7-11H2. The molecule has 0 saturated carbocycles. The first-order valence-corrected chi connectivity index (χ1v) is 7.84. The van der Waals surface area contributed by atoms with Crippen LogP contribution in [0.2, 0.25) is 5.02 Å². The number of ether oxygens (including phenoxy) is 1. The van der Waals surface area contributed by atoms with Crippen LogP contribution in [0.15, 0.2) is 43.2 Å². The van der Waals surface area contributed by atoms with Crippen molar-refractivity contribution in [2.24, 2.45) is 0 Å². The van der Waals surface area contributed by atoms with Crippen molar-refractivity contribution >= 4 is 17.8 Å². The van der Waals surface area contributed by atoms with Crippen molar-refractivity contribution in [1.29, 1.82) is 0 Å². The molecule has 0 amide bonds. The Kier molecular flexibility index (Phi) is 4.62. The fourth-order valence-corrected chi connectivity index (χ4v) is 3.02. The summed E-state index contributed by atoms with van der Waals surface area (Å²) in [6.07, 6.45) is 7.43. The average Bonchev–Trinajstić information content (AvgIpc) is 3.03. The molecule has 1 fully saturated rings. The predicted octanol–water partition coefficient (Wildman–Crippen LogP) is 3.43. The zero-order chi connectivity index (χ0) is 15.4. The van der Waals surface area contributed by atoms with Crippen LogP contribution in [-0.2, 0) is 16.8 Å². The van der Waals surface area contributed by atoms with Gasteiger partial charge in [-0.3, -0.25) is 0 Å². The molecule has 2 heterocycles. The van der Waals surface area contributed by atoms with Crippen LogP contribution < -0.4 is 5.32 Å². The molecular formula is C17H20ClN3O. The minimum atomic E-state index is -0.0703. The smallest absolute Gasteiger partial charge is 0.0538 e. The molecule has 1 aliphatic rings. The van der Waals surface area contributed by atoms with Crippen LogP contribution in [-0.4, -0.2) is 23.0 Å². The number of hydrogen-bond donors (Lipinski definition) is 1. The molecule has 0 atom stereocenters. The zero-order valence-corrected chi connectivity index (χ0v) is 13.2. The lowest BCUT2D eigenvalue weighted by Gasteiger charge is -2.39. The SMILES string of the molecule is C=Cn1cc(CNC2(c3ccc(Cl)cc3)CCOCC2)cn1. The van der Waals surface area contributed by atoms with Gasteiger partial charge >= 0.3 is 0 Å². The highest BCUT2D eigenvalue weighted by Gasteiger charge is 2.33. The Morgan fingerprint density at radius 1 is 1.32 bits per heavy atom. The van der Waals surface area contributed by atoms with Gasteiger partial charge in [-0.15, -0.1) is 0 Å². The van der Waals surface area contributed by atoms with Gasteiger partial charge in [0.05, 0.1) is 6.20 Å².